The van der Waals surface area contributed by atoms with Gasteiger partial charge in [0.15, 0.2) is 0 Å². The van der Waals surface area contributed by atoms with E-state index >= 15 is 0 Å². The molecule has 0 amide bonds. The van der Waals surface area contributed by atoms with E-state index in [1.807, 2.05) is 0 Å². The van der Waals surface area contributed by atoms with Gasteiger partial charge >= 0.3 is 1.43 Å². The number of rotatable bonds is 3. The molecule has 4 heteroatoms. The summed E-state index contributed by atoms with van der Waals surface area (Å²) in [5, 5.41) is 18.8. The molecule has 0 fully saturated rings. The molecule has 0 saturated heterocycles. The fourth-order valence-corrected chi connectivity index (χ4v) is 0.913. The fraction of sp³-hybridized carbons (Fsp3) is 0.250. The molecule has 0 aliphatic carbocycles. The number of hydrogen-bond donors (Lipinski definition) is 1. The van der Waals surface area contributed by atoms with E-state index in [1.54, 1.807) is 12.1 Å². The minimum atomic E-state index is -0.442. The van der Waals surface area contributed by atoms with Gasteiger partial charge in [0, 0.05) is 18.7 Å². The van der Waals surface area contributed by atoms with Crippen molar-refractivity contribution in [2.75, 3.05) is 6.61 Å². The normalized spacial score (nSPS) is 9.75. The molecule has 0 saturated carbocycles. The maximum atomic E-state index is 10.2. The van der Waals surface area contributed by atoms with Gasteiger partial charge < -0.3 is 5.11 Å². The predicted octanol–water partition coefficient (Wildman–Crippen LogP) is 1.24. The lowest BCUT2D eigenvalue weighted by Gasteiger charge is -1.95. The highest BCUT2D eigenvalue weighted by Crippen LogP contribution is 2.11. The maximum Gasteiger partial charge on any atom is 1.00 e. The summed E-state index contributed by atoms with van der Waals surface area (Å²) in [7, 11) is 0. The molecule has 0 aliphatic heterocycles. The van der Waals surface area contributed by atoms with Crippen molar-refractivity contribution in [1.29, 1.82) is 0 Å². The average molecular weight is 168 g/mol. The van der Waals surface area contributed by atoms with Gasteiger partial charge in [0.2, 0.25) is 0 Å². The zero-order valence-electron chi connectivity index (χ0n) is 7.43. The lowest BCUT2D eigenvalue weighted by atomic mass is 10.1. The van der Waals surface area contributed by atoms with Gasteiger partial charge in [0.25, 0.3) is 5.69 Å². The molecule has 1 aromatic rings. The van der Waals surface area contributed by atoms with Crippen molar-refractivity contribution >= 4 is 5.69 Å². The molecule has 64 valence electrons. The molecular formula is C8H10NO3+. The fourth-order valence-electron chi connectivity index (χ4n) is 0.913. The van der Waals surface area contributed by atoms with E-state index in [2.05, 4.69) is 0 Å². The topological polar surface area (TPSA) is 63.4 Å². The number of nitrogens with zero attached hydrogens (tertiary/aromatic N) is 1. The predicted molar refractivity (Wildman–Crippen MR) is 45.0 cm³/mol. The molecule has 0 aliphatic rings. The summed E-state index contributed by atoms with van der Waals surface area (Å²) < 4.78 is 0. The highest BCUT2D eigenvalue weighted by molar-refractivity contribution is 5.32. The van der Waals surface area contributed by atoms with E-state index in [9.17, 15) is 10.1 Å². The third-order valence-corrected chi connectivity index (χ3v) is 1.55. The molecule has 12 heavy (non-hydrogen) atoms. The van der Waals surface area contributed by atoms with Crippen LogP contribution in [0.4, 0.5) is 5.69 Å². The van der Waals surface area contributed by atoms with Gasteiger partial charge in [-0.3, -0.25) is 10.1 Å². The van der Waals surface area contributed by atoms with E-state index in [4.69, 9.17) is 5.11 Å². The maximum absolute atomic E-state index is 10.2. The minimum Gasteiger partial charge on any atom is -0.396 e. The van der Waals surface area contributed by atoms with Crippen molar-refractivity contribution in [3.8, 4) is 0 Å². The monoisotopic (exact) mass is 168 g/mol. The van der Waals surface area contributed by atoms with Crippen LogP contribution in [-0.4, -0.2) is 16.6 Å². The van der Waals surface area contributed by atoms with Gasteiger partial charge in [0.05, 0.1) is 4.92 Å². The van der Waals surface area contributed by atoms with Crippen LogP contribution < -0.4 is 0 Å². The van der Waals surface area contributed by atoms with Crippen molar-refractivity contribution in [1.82, 2.24) is 0 Å². The molecule has 4 nitrogen and oxygen atoms in total. The van der Waals surface area contributed by atoms with Crippen molar-refractivity contribution < 1.29 is 11.5 Å². The second-order valence-electron chi connectivity index (χ2n) is 2.40. The van der Waals surface area contributed by atoms with Crippen LogP contribution in [0.5, 0.6) is 0 Å². The van der Waals surface area contributed by atoms with Crippen LogP contribution in [0.15, 0.2) is 24.3 Å². The molecule has 1 N–H and O–H groups in total. The summed E-state index contributed by atoms with van der Waals surface area (Å²) in [5.41, 5.74) is 0.986. The first-order chi connectivity index (χ1) is 5.74. The third-order valence-electron chi connectivity index (χ3n) is 1.55. The first-order valence-electron chi connectivity index (χ1n) is 3.58. The van der Waals surface area contributed by atoms with E-state index in [1.165, 1.54) is 12.1 Å². The van der Waals surface area contributed by atoms with Crippen molar-refractivity contribution in [3.05, 3.63) is 39.9 Å². The van der Waals surface area contributed by atoms with Crippen LogP contribution in [-0.2, 0) is 6.42 Å². The van der Waals surface area contributed by atoms with E-state index in [-0.39, 0.29) is 13.7 Å². The Hall–Kier alpha value is -1.42. The molecule has 0 heterocycles. The molecule has 0 aromatic heterocycles. The SMILES string of the molecule is O=[N+]([O-])c1ccc(CCO)cc1.[H+]. The highest BCUT2D eigenvalue weighted by Gasteiger charge is 2.02. The molecule has 0 radical (unpaired) electrons. The quantitative estimate of drug-likeness (QED) is 0.545. The Morgan fingerprint density at radius 2 is 2.00 bits per heavy atom. The Morgan fingerprint density at radius 1 is 1.42 bits per heavy atom. The smallest absolute Gasteiger partial charge is 0.396 e. The second-order valence-corrected chi connectivity index (χ2v) is 2.40. The first-order valence-corrected chi connectivity index (χ1v) is 3.58. The molecule has 0 unspecified atom stereocenters. The molecule has 1 rings (SSSR count). The largest absolute Gasteiger partial charge is 1.00 e. The Morgan fingerprint density at radius 3 is 2.42 bits per heavy atom. The van der Waals surface area contributed by atoms with E-state index in [0.29, 0.717) is 6.42 Å². The third kappa shape index (κ3) is 2.03. The summed E-state index contributed by atoms with van der Waals surface area (Å²) in [5.74, 6) is 0. The standard InChI is InChI=1S/C8H9NO3/c10-6-5-7-1-3-8(4-2-7)9(11)12/h1-4,10H,5-6H2/p+1. The van der Waals surface area contributed by atoms with E-state index in [0.717, 1.165) is 5.56 Å². The summed E-state index contributed by atoms with van der Waals surface area (Å²) in [6, 6.07) is 6.17. The number of benzene rings is 1. The van der Waals surface area contributed by atoms with Crippen molar-refractivity contribution in [2.24, 2.45) is 0 Å². The van der Waals surface area contributed by atoms with Crippen LogP contribution in [0.2, 0.25) is 0 Å². The van der Waals surface area contributed by atoms with Crippen LogP contribution in [0.25, 0.3) is 0 Å². The zero-order valence-corrected chi connectivity index (χ0v) is 6.43. The van der Waals surface area contributed by atoms with Gasteiger partial charge in [0.1, 0.15) is 0 Å². The van der Waals surface area contributed by atoms with Gasteiger partial charge in [-0.2, -0.15) is 0 Å². The highest BCUT2D eigenvalue weighted by atomic mass is 16.6. The van der Waals surface area contributed by atoms with Gasteiger partial charge in [-0.1, -0.05) is 12.1 Å². The van der Waals surface area contributed by atoms with Crippen molar-refractivity contribution in [2.45, 2.75) is 6.42 Å². The Bertz CT molecular complexity index is 273. The molecule has 0 atom stereocenters. The molecular weight excluding hydrogens is 158 g/mol. The van der Waals surface area contributed by atoms with Crippen LogP contribution in [0, 0.1) is 10.1 Å². The number of aliphatic hydroxyl groups is 1. The number of hydrogen-bond acceptors (Lipinski definition) is 3. The van der Waals surface area contributed by atoms with Crippen LogP contribution in [0.1, 0.15) is 6.99 Å². The minimum absolute atomic E-state index is 0. The van der Waals surface area contributed by atoms with Crippen LogP contribution in [0.3, 0.4) is 0 Å². The van der Waals surface area contributed by atoms with Gasteiger partial charge in [-0.15, -0.1) is 0 Å². The number of aliphatic hydroxyl groups excluding tert-OH is 1. The lowest BCUT2D eigenvalue weighted by Crippen LogP contribution is -1.91. The first kappa shape index (κ1) is 8.67. The number of nitro groups is 1. The summed E-state index contributed by atoms with van der Waals surface area (Å²) in [4.78, 5) is 9.78. The van der Waals surface area contributed by atoms with Gasteiger partial charge in [-0.05, 0) is 12.0 Å². The average Bonchev–Trinajstić information content (AvgIpc) is 2.06. The summed E-state index contributed by atoms with van der Waals surface area (Å²) in [6.07, 6.45) is 0.540. The summed E-state index contributed by atoms with van der Waals surface area (Å²) in [6.45, 7) is 0.0673. The molecule has 0 spiro atoms. The summed E-state index contributed by atoms with van der Waals surface area (Å²) >= 11 is 0. The van der Waals surface area contributed by atoms with Crippen molar-refractivity contribution in [3.63, 3.8) is 0 Å². The number of non-ortho nitro benzene ring substituents is 1. The number of nitro benzene ring substituents is 1. The Kier molecular flexibility index (Phi) is 2.76. The second kappa shape index (κ2) is 3.82. The van der Waals surface area contributed by atoms with E-state index < -0.39 is 4.92 Å². The molecule has 0 bridgehead atoms. The molecule has 1 aromatic carbocycles. The Balaban J connectivity index is 0.00000144. The zero-order chi connectivity index (χ0) is 8.97. The van der Waals surface area contributed by atoms with Gasteiger partial charge in [-0.25, -0.2) is 0 Å². The van der Waals surface area contributed by atoms with Crippen LogP contribution >= 0.6 is 0 Å². The lowest BCUT2D eigenvalue weighted by molar-refractivity contribution is -0.384. The Labute approximate surface area is 71.1 Å².